The third-order valence-corrected chi connectivity index (χ3v) is 22.3. The Hall–Kier alpha value is -4.28. The minimum atomic E-state index is -3.57. The number of aliphatic hydroxyl groups is 16. The second kappa shape index (κ2) is 52.9. The zero-order valence-electron chi connectivity index (χ0n) is 68.0. The molecule has 5 aliphatic rings. The van der Waals surface area contributed by atoms with Gasteiger partial charge in [-0.3, -0.25) is 14.4 Å². The predicted molar refractivity (Wildman–Crippen MR) is 408 cm³/mol. The molecule has 5 saturated heterocycles. The van der Waals surface area contributed by atoms with Crippen LogP contribution in [-0.4, -0.2) is 338 Å². The topological polar surface area (TPSA) is 595 Å². The lowest BCUT2D eigenvalue weighted by Gasteiger charge is -2.52. The van der Waals surface area contributed by atoms with Crippen molar-refractivity contribution >= 4 is 35.4 Å². The fraction of sp³-hybridized carbons (Fsp3) is 0.899. The van der Waals surface area contributed by atoms with Crippen molar-refractivity contribution in [3.63, 3.8) is 0 Å². The molecule has 29 atom stereocenters. The zero-order chi connectivity index (χ0) is 85.8. The number of carboxylic acid groups (broad SMARTS) is 2. The van der Waals surface area contributed by atoms with Gasteiger partial charge in [-0.2, -0.15) is 0 Å². The molecular weight excluding hydrogens is 1530 g/mol. The first kappa shape index (κ1) is 102. The molecule has 0 aliphatic carbocycles. The molecule has 5 rings (SSSR count). The van der Waals surface area contributed by atoms with Gasteiger partial charge in [0.2, 0.25) is 17.7 Å². The van der Waals surface area contributed by atoms with E-state index >= 15 is 0 Å². The van der Waals surface area contributed by atoms with Crippen LogP contribution >= 0.6 is 0 Å². The number of nitrogens with one attached hydrogen (secondary N) is 3. The van der Waals surface area contributed by atoms with E-state index in [2.05, 4.69) is 41.9 Å². The minimum absolute atomic E-state index is 0.125. The van der Waals surface area contributed by atoms with Gasteiger partial charge in [0.05, 0.1) is 82.2 Å². The van der Waals surface area contributed by atoms with Gasteiger partial charge in [0.25, 0.3) is 11.6 Å². The summed E-state index contributed by atoms with van der Waals surface area (Å²) in [5.74, 6) is -15.9. The van der Waals surface area contributed by atoms with E-state index < -0.39 is 265 Å². The van der Waals surface area contributed by atoms with E-state index in [9.17, 15) is 121 Å². The molecule has 3 amide bonds. The summed E-state index contributed by atoms with van der Waals surface area (Å²) in [5, 5.41) is 211. The van der Waals surface area contributed by atoms with E-state index in [-0.39, 0.29) is 18.7 Å². The summed E-state index contributed by atoms with van der Waals surface area (Å²) < 4.78 is 60.2. The Kier molecular flexibility index (Phi) is 46.6. The van der Waals surface area contributed by atoms with Crippen molar-refractivity contribution in [3.05, 3.63) is 12.2 Å². The average molecular weight is 1670 g/mol. The van der Waals surface area contributed by atoms with Gasteiger partial charge in [-0.15, -0.1) is 0 Å². The maximum atomic E-state index is 14.2. The molecule has 0 aromatic rings. The maximum Gasteiger partial charge on any atom is 0.364 e. The number of carbonyl (C=O) groups is 6. The molecule has 116 heavy (non-hydrogen) atoms. The second-order valence-corrected chi connectivity index (χ2v) is 31.8. The van der Waals surface area contributed by atoms with Crippen LogP contribution in [0.5, 0.6) is 0 Å². The number of Topliss-reactive ketones (excluding diaryl/α,β-unsaturated/α-hetero) is 1. The summed E-state index contributed by atoms with van der Waals surface area (Å²) in [6.07, 6.45) is -19.9. The van der Waals surface area contributed by atoms with Gasteiger partial charge in [0.15, 0.2) is 18.9 Å². The van der Waals surface area contributed by atoms with E-state index in [1.54, 1.807) is 0 Å². The summed E-state index contributed by atoms with van der Waals surface area (Å²) in [6, 6.07) is -4.87. The summed E-state index contributed by atoms with van der Waals surface area (Å²) in [7, 11) is 0. The summed E-state index contributed by atoms with van der Waals surface area (Å²) >= 11 is 0. The molecule has 0 aromatic carbocycles. The summed E-state index contributed by atoms with van der Waals surface area (Å²) in [4.78, 5) is 79.2. The van der Waals surface area contributed by atoms with Crippen molar-refractivity contribution in [2.75, 3.05) is 39.6 Å². The van der Waals surface area contributed by atoms with Crippen molar-refractivity contribution in [1.82, 2.24) is 16.0 Å². The van der Waals surface area contributed by atoms with Crippen LogP contribution in [0.4, 0.5) is 0 Å². The predicted octanol–water partition coefficient (Wildman–Crippen LogP) is -0.602. The van der Waals surface area contributed by atoms with E-state index in [4.69, 9.17) is 47.4 Å². The Balaban J connectivity index is 1.44. The molecule has 37 heteroatoms. The number of carbonyl (C=O) groups excluding carboxylic acids is 4. The minimum Gasteiger partial charge on any atom is -0.477 e. The molecule has 5 heterocycles. The highest BCUT2D eigenvalue weighted by Crippen LogP contribution is 2.43. The number of hydrogen-bond acceptors (Lipinski definition) is 32. The lowest BCUT2D eigenvalue weighted by atomic mass is 9.86. The van der Waals surface area contributed by atoms with Crippen LogP contribution in [0.2, 0.25) is 0 Å². The first-order valence-electron chi connectivity index (χ1n) is 41.9. The Morgan fingerprint density at radius 3 is 1.43 bits per heavy atom. The number of aliphatic hydroxyl groups excluding tert-OH is 16. The fourth-order valence-electron chi connectivity index (χ4n) is 15.7. The monoisotopic (exact) mass is 1670 g/mol. The molecule has 674 valence electrons. The molecule has 5 aliphatic heterocycles. The van der Waals surface area contributed by atoms with Gasteiger partial charge in [0, 0.05) is 45.4 Å². The number of hydrogen-bond donors (Lipinski definition) is 21. The zero-order valence-corrected chi connectivity index (χ0v) is 68.0. The number of allylic oxidation sites excluding steroid dienone is 2. The van der Waals surface area contributed by atoms with Crippen molar-refractivity contribution in [3.8, 4) is 0 Å². The van der Waals surface area contributed by atoms with Gasteiger partial charge in [0.1, 0.15) is 103 Å². The van der Waals surface area contributed by atoms with Crippen molar-refractivity contribution in [2.24, 2.45) is 5.92 Å². The quantitative estimate of drug-likeness (QED) is 0.0267. The van der Waals surface area contributed by atoms with Crippen LogP contribution in [0.1, 0.15) is 234 Å². The smallest absolute Gasteiger partial charge is 0.364 e. The normalized spacial score (nSPS) is 33.3. The molecule has 0 bridgehead atoms. The molecule has 0 saturated carbocycles. The van der Waals surface area contributed by atoms with Crippen LogP contribution in [-0.2, 0) is 76.1 Å². The SMILES string of the molecule is CCCCCCCCC=CCCCCCCCC(=O)N[C@@H](CO[C@@H]1O[C@H](CO)[C@@H](O[C@@H]2O[C@H](CO)[C@H](O[C@@H]3O[C@H](CO)[C@H](O)[C@H](O)[C@H]3CC(C)=O)[C@H](O[C@]3(C(=O)O)C[C@H](O)[C@@H](NC(C)=O)C([C@H](O)[C@@H](CO)O[C@]4(C(=O)O)C[C@H](O)[C@@H](NC(C)=O)C([C@H](O)[C@H](O)CO)O4)O3)[C@H]2O)[C@H](O)[C@H]1O)[C@H](O)CCCCCCCCCCCCCCC. The Morgan fingerprint density at radius 2 is 0.940 bits per heavy atom. The van der Waals surface area contributed by atoms with Crippen LogP contribution in [0.25, 0.3) is 0 Å². The van der Waals surface area contributed by atoms with E-state index in [1.807, 2.05) is 0 Å². The molecule has 0 radical (unpaired) electrons. The molecule has 37 nitrogen and oxygen atoms in total. The molecule has 0 spiro atoms. The molecule has 21 N–H and O–H groups in total. The number of carboxylic acids is 2. The van der Waals surface area contributed by atoms with Crippen molar-refractivity contribution in [1.29, 1.82) is 0 Å². The number of ketones is 1. The van der Waals surface area contributed by atoms with Gasteiger partial charge in [-0.05, 0) is 45.4 Å². The number of unbranched alkanes of at least 4 members (excludes halogenated alkanes) is 23. The number of rotatable bonds is 57. The first-order chi connectivity index (χ1) is 55.3. The second-order valence-electron chi connectivity index (χ2n) is 31.8. The summed E-state index contributed by atoms with van der Waals surface area (Å²) in [5.41, 5.74) is 0. The third kappa shape index (κ3) is 30.9. The summed E-state index contributed by atoms with van der Waals surface area (Å²) in [6.45, 7) is 0.762. The Bertz CT molecular complexity index is 2860. The third-order valence-electron chi connectivity index (χ3n) is 22.3. The first-order valence-corrected chi connectivity index (χ1v) is 41.9. The van der Waals surface area contributed by atoms with Crippen molar-refractivity contribution in [2.45, 2.75) is 404 Å². The highest BCUT2D eigenvalue weighted by atomic mass is 16.8. The number of aliphatic carboxylic acids is 2. The Labute approximate surface area is 679 Å². The highest BCUT2D eigenvalue weighted by molar-refractivity contribution is 5.78. The van der Waals surface area contributed by atoms with E-state index in [0.29, 0.717) is 12.8 Å². The molecule has 2 unspecified atom stereocenters. The maximum absolute atomic E-state index is 14.2. The molecule has 0 aromatic heterocycles. The van der Waals surface area contributed by atoms with Gasteiger partial charge >= 0.3 is 11.9 Å². The highest BCUT2D eigenvalue weighted by Gasteiger charge is 2.64. The number of ether oxygens (including phenoxy) is 10. The van der Waals surface area contributed by atoms with Gasteiger partial charge in [-0.1, -0.05) is 161 Å². The van der Waals surface area contributed by atoms with Gasteiger partial charge in [-0.25, -0.2) is 9.59 Å². The van der Waals surface area contributed by atoms with E-state index in [1.165, 1.54) is 83.5 Å². The fourth-order valence-corrected chi connectivity index (χ4v) is 15.7. The van der Waals surface area contributed by atoms with Crippen LogP contribution in [0.3, 0.4) is 0 Å². The van der Waals surface area contributed by atoms with Crippen LogP contribution in [0, 0.1) is 5.92 Å². The average Bonchev–Trinajstić information content (AvgIpc) is 0.751. The molecule has 5 fully saturated rings. The number of amides is 3. The molecular formula is C79H139N3O34. The standard InChI is InChI=1S/C79H139N3O34/c1-6-8-10-12-14-16-18-20-21-23-25-27-29-31-33-35-58(95)82-49(50(91)34-32-30-28-26-24-22-19-17-15-13-11-9-7-2)44-107-74-66(101)65(100)68(56(42-86)109-74)111-75-67(102)72(69(57(43-87)110-75)112-73-48(36-45(3)88)61(96)63(98)54(40-84)108-73)116-79(77(105)106)38-52(93)60(81-47(5)90)71(115-79)64(99)55(41-85)113-78(76(103)104)37-51(92)59(80-46(4)89)70(114-78)62(97)53(94)39-83/h20-21,48-57,59-75,83-87,91-94,96-102H,6-19,22-44H2,1-5H3,(H,80,89)(H,81,90)(H,82,95)(H,103,104)(H,105,106)/t48-,49+,50-,51+,52+,53-,54-,55-,56-,57-,59-,60-,61-,62-,63+,64-,65-,66-,67-,68-,69+,70?,71?,72-,73+,74-,75+,78-,79+/m1/s1. The lowest BCUT2D eigenvalue weighted by molar-refractivity contribution is -0.404. The van der Waals surface area contributed by atoms with Crippen LogP contribution in [0.15, 0.2) is 12.2 Å². The largest absolute Gasteiger partial charge is 0.477 e. The Morgan fingerprint density at radius 1 is 0.483 bits per heavy atom. The van der Waals surface area contributed by atoms with Crippen LogP contribution < -0.4 is 16.0 Å². The van der Waals surface area contributed by atoms with E-state index in [0.717, 1.165) is 91.4 Å². The van der Waals surface area contributed by atoms with Gasteiger partial charge < -0.3 is 160 Å². The van der Waals surface area contributed by atoms with Crippen molar-refractivity contribution < 1.29 is 168 Å². The lowest BCUT2D eigenvalue weighted by Crippen LogP contribution is -2.72.